The molecule has 0 aliphatic rings. The third kappa shape index (κ3) is 2.68. The SMILES string of the molecule is Cc1cc(C)c(C(Cl)c2cc(F)c(F)cc2F)c(C)c1. The quantitative estimate of drug-likeness (QED) is 0.517. The molecule has 2 rings (SSSR count). The van der Waals surface area contributed by atoms with Crippen molar-refractivity contribution in [2.24, 2.45) is 0 Å². The Bertz CT molecular complexity index is 642. The normalized spacial score (nSPS) is 12.6. The molecule has 0 aromatic heterocycles. The Morgan fingerprint density at radius 2 is 1.30 bits per heavy atom. The van der Waals surface area contributed by atoms with Crippen molar-refractivity contribution in [1.29, 1.82) is 0 Å². The van der Waals surface area contributed by atoms with Gasteiger partial charge in [0.1, 0.15) is 5.82 Å². The van der Waals surface area contributed by atoms with Crippen LogP contribution in [0.2, 0.25) is 0 Å². The van der Waals surface area contributed by atoms with Crippen LogP contribution in [0, 0.1) is 38.2 Å². The van der Waals surface area contributed by atoms with E-state index in [-0.39, 0.29) is 5.56 Å². The van der Waals surface area contributed by atoms with E-state index < -0.39 is 22.8 Å². The predicted octanol–water partition coefficient (Wildman–Crippen LogP) is 5.36. The van der Waals surface area contributed by atoms with Crippen LogP contribution >= 0.6 is 11.6 Å². The van der Waals surface area contributed by atoms with Crippen LogP contribution < -0.4 is 0 Å². The lowest BCUT2D eigenvalue weighted by Gasteiger charge is -2.18. The van der Waals surface area contributed by atoms with Crippen molar-refractivity contribution in [3.05, 3.63) is 69.5 Å². The van der Waals surface area contributed by atoms with Crippen LogP contribution in [0.5, 0.6) is 0 Å². The highest BCUT2D eigenvalue weighted by molar-refractivity contribution is 6.22. The molecule has 1 unspecified atom stereocenters. The molecule has 0 N–H and O–H groups in total. The van der Waals surface area contributed by atoms with E-state index in [0.29, 0.717) is 6.07 Å². The Balaban J connectivity index is 2.57. The molecule has 0 spiro atoms. The van der Waals surface area contributed by atoms with E-state index in [1.807, 2.05) is 32.9 Å². The minimum absolute atomic E-state index is 0.0550. The first-order chi connectivity index (χ1) is 9.31. The maximum Gasteiger partial charge on any atom is 0.161 e. The molecule has 2 aromatic carbocycles. The Morgan fingerprint density at radius 1 is 0.800 bits per heavy atom. The molecule has 0 bridgehead atoms. The lowest BCUT2D eigenvalue weighted by molar-refractivity contribution is 0.490. The van der Waals surface area contributed by atoms with Gasteiger partial charge in [-0.2, -0.15) is 0 Å². The van der Waals surface area contributed by atoms with Crippen LogP contribution in [0.3, 0.4) is 0 Å². The second kappa shape index (κ2) is 5.49. The molecule has 0 aliphatic carbocycles. The standard InChI is InChI=1S/C16H14ClF3/c1-8-4-9(2)15(10(3)5-8)16(17)11-6-13(19)14(20)7-12(11)18/h4-7,16H,1-3H3. The van der Waals surface area contributed by atoms with E-state index in [2.05, 4.69) is 0 Å². The molecule has 4 heteroatoms. The number of alkyl halides is 1. The molecule has 0 radical (unpaired) electrons. The highest BCUT2D eigenvalue weighted by Gasteiger charge is 2.21. The van der Waals surface area contributed by atoms with Crippen molar-refractivity contribution < 1.29 is 13.2 Å². The molecule has 20 heavy (non-hydrogen) atoms. The maximum atomic E-state index is 13.8. The number of benzene rings is 2. The summed E-state index contributed by atoms with van der Waals surface area (Å²) in [5, 5.41) is -0.856. The third-order valence-corrected chi connectivity index (χ3v) is 3.76. The van der Waals surface area contributed by atoms with Crippen LogP contribution in [0.15, 0.2) is 24.3 Å². The van der Waals surface area contributed by atoms with Gasteiger partial charge < -0.3 is 0 Å². The Kier molecular flexibility index (Phi) is 4.09. The zero-order valence-electron chi connectivity index (χ0n) is 11.4. The van der Waals surface area contributed by atoms with Crippen LogP contribution in [-0.2, 0) is 0 Å². The van der Waals surface area contributed by atoms with Crippen molar-refractivity contribution in [3.63, 3.8) is 0 Å². The molecule has 0 amide bonds. The second-order valence-corrected chi connectivity index (χ2v) is 5.40. The van der Waals surface area contributed by atoms with Gasteiger partial charge in [-0.1, -0.05) is 17.7 Å². The van der Waals surface area contributed by atoms with Crippen molar-refractivity contribution >= 4 is 11.6 Å². The van der Waals surface area contributed by atoms with Crippen LogP contribution in [0.1, 0.15) is 33.2 Å². The number of halogens is 4. The Labute approximate surface area is 121 Å². The number of hydrogen-bond donors (Lipinski definition) is 0. The Hall–Kier alpha value is -1.48. The summed E-state index contributed by atoms with van der Waals surface area (Å²) in [6, 6.07) is 5.20. The summed E-state index contributed by atoms with van der Waals surface area (Å²) in [5.41, 5.74) is 3.53. The molecule has 0 fully saturated rings. The summed E-state index contributed by atoms with van der Waals surface area (Å²) in [6.45, 7) is 5.68. The van der Waals surface area contributed by atoms with Gasteiger partial charge in [0.15, 0.2) is 11.6 Å². The predicted molar refractivity (Wildman–Crippen MR) is 74.7 cm³/mol. The van der Waals surface area contributed by atoms with E-state index in [0.717, 1.165) is 28.3 Å². The molecule has 0 saturated carbocycles. The first-order valence-electron chi connectivity index (χ1n) is 6.17. The van der Waals surface area contributed by atoms with Crippen molar-refractivity contribution in [2.45, 2.75) is 26.1 Å². The second-order valence-electron chi connectivity index (χ2n) is 4.96. The van der Waals surface area contributed by atoms with Gasteiger partial charge in [0.2, 0.25) is 0 Å². The molecule has 0 heterocycles. The minimum atomic E-state index is -1.22. The van der Waals surface area contributed by atoms with Gasteiger partial charge in [0, 0.05) is 11.6 Å². The monoisotopic (exact) mass is 298 g/mol. The minimum Gasteiger partial charge on any atom is -0.207 e. The highest BCUT2D eigenvalue weighted by atomic mass is 35.5. The zero-order valence-corrected chi connectivity index (χ0v) is 12.2. The first kappa shape index (κ1) is 14.9. The largest absolute Gasteiger partial charge is 0.207 e. The maximum absolute atomic E-state index is 13.8. The number of hydrogen-bond acceptors (Lipinski definition) is 0. The topological polar surface area (TPSA) is 0 Å². The van der Waals surface area contributed by atoms with Gasteiger partial charge >= 0.3 is 0 Å². The van der Waals surface area contributed by atoms with Gasteiger partial charge in [0.05, 0.1) is 5.38 Å². The van der Waals surface area contributed by atoms with Crippen molar-refractivity contribution in [1.82, 2.24) is 0 Å². The lowest BCUT2D eigenvalue weighted by Crippen LogP contribution is -2.04. The molecule has 2 aromatic rings. The number of aryl methyl sites for hydroxylation is 3. The van der Waals surface area contributed by atoms with E-state index in [1.54, 1.807) is 0 Å². The molecule has 1 atom stereocenters. The van der Waals surface area contributed by atoms with E-state index in [9.17, 15) is 13.2 Å². The summed E-state index contributed by atoms with van der Waals surface area (Å²) < 4.78 is 40.1. The van der Waals surface area contributed by atoms with Gasteiger partial charge in [-0.3, -0.25) is 0 Å². The molecule has 0 nitrogen and oxygen atoms in total. The van der Waals surface area contributed by atoms with Crippen LogP contribution in [-0.4, -0.2) is 0 Å². The fourth-order valence-corrected chi connectivity index (χ4v) is 2.99. The lowest BCUT2D eigenvalue weighted by atomic mass is 9.93. The van der Waals surface area contributed by atoms with Crippen molar-refractivity contribution in [3.8, 4) is 0 Å². The molecular weight excluding hydrogens is 285 g/mol. The number of rotatable bonds is 2. The van der Waals surface area contributed by atoms with Gasteiger partial charge in [0.25, 0.3) is 0 Å². The first-order valence-corrected chi connectivity index (χ1v) is 6.61. The van der Waals surface area contributed by atoms with Gasteiger partial charge in [-0.15, -0.1) is 11.6 Å². The van der Waals surface area contributed by atoms with E-state index >= 15 is 0 Å². The van der Waals surface area contributed by atoms with E-state index in [1.165, 1.54) is 0 Å². The van der Waals surface area contributed by atoms with Gasteiger partial charge in [-0.05, 0) is 43.5 Å². The van der Waals surface area contributed by atoms with Crippen LogP contribution in [0.25, 0.3) is 0 Å². The average Bonchev–Trinajstić information content (AvgIpc) is 2.32. The fourth-order valence-electron chi connectivity index (χ4n) is 2.48. The molecule has 106 valence electrons. The zero-order chi connectivity index (χ0) is 15.0. The molecule has 0 saturated heterocycles. The summed E-state index contributed by atoms with van der Waals surface area (Å²) in [6.07, 6.45) is 0. The summed E-state index contributed by atoms with van der Waals surface area (Å²) in [5.74, 6) is -3.16. The van der Waals surface area contributed by atoms with Crippen molar-refractivity contribution in [2.75, 3.05) is 0 Å². The molecular formula is C16H14ClF3. The summed E-state index contributed by atoms with van der Waals surface area (Å²) in [4.78, 5) is 0. The average molecular weight is 299 g/mol. The van der Waals surface area contributed by atoms with Crippen LogP contribution in [0.4, 0.5) is 13.2 Å². The fraction of sp³-hybridized carbons (Fsp3) is 0.250. The smallest absolute Gasteiger partial charge is 0.161 e. The van der Waals surface area contributed by atoms with E-state index in [4.69, 9.17) is 11.6 Å². The third-order valence-electron chi connectivity index (χ3n) is 3.30. The highest BCUT2D eigenvalue weighted by Crippen LogP contribution is 2.35. The molecule has 0 aliphatic heterocycles. The Morgan fingerprint density at radius 3 is 1.85 bits per heavy atom. The summed E-state index contributed by atoms with van der Waals surface area (Å²) >= 11 is 6.29. The summed E-state index contributed by atoms with van der Waals surface area (Å²) in [7, 11) is 0. The van der Waals surface area contributed by atoms with Gasteiger partial charge in [-0.25, -0.2) is 13.2 Å².